The van der Waals surface area contributed by atoms with E-state index < -0.39 is 0 Å². The molecule has 0 aliphatic heterocycles. The summed E-state index contributed by atoms with van der Waals surface area (Å²) in [6.07, 6.45) is 0. The van der Waals surface area contributed by atoms with Crippen LogP contribution in [-0.4, -0.2) is 26.4 Å². The van der Waals surface area contributed by atoms with Crippen molar-refractivity contribution in [3.63, 3.8) is 0 Å². The Morgan fingerprint density at radius 2 is 1.83 bits per heavy atom. The number of amides is 1. The highest BCUT2D eigenvalue weighted by atomic mass is 35.5. The molecule has 0 unspecified atom stereocenters. The number of hydrogen-bond acceptors (Lipinski definition) is 4. The van der Waals surface area contributed by atoms with Gasteiger partial charge in [0, 0.05) is 18.3 Å². The van der Waals surface area contributed by atoms with E-state index in [0.29, 0.717) is 16.0 Å². The standard InChI is InChI=1S/C17H15ClN4OS/c1-22-16(13-9-5-6-10-14(13)18)20-21-17(22)24-11-15(23)19-12-7-3-2-4-8-12/h2-10H,11H2,1H3,(H,19,23). The van der Waals surface area contributed by atoms with Crippen LogP contribution >= 0.6 is 23.4 Å². The molecule has 0 saturated heterocycles. The normalized spacial score (nSPS) is 10.6. The molecular weight excluding hydrogens is 344 g/mol. The summed E-state index contributed by atoms with van der Waals surface area (Å²) < 4.78 is 1.83. The van der Waals surface area contributed by atoms with Gasteiger partial charge in [0.25, 0.3) is 0 Å². The molecule has 0 atom stereocenters. The summed E-state index contributed by atoms with van der Waals surface area (Å²) in [7, 11) is 1.86. The predicted octanol–water partition coefficient (Wildman–Crippen LogP) is 3.87. The monoisotopic (exact) mass is 358 g/mol. The lowest BCUT2D eigenvalue weighted by Gasteiger charge is -2.06. The summed E-state index contributed by atoms with van der Waals surface area (Å²) in [5, 5.41) is 12.5. The van der Waals surface area contributed by atoms with Gasteiger partial charge in [-0.1, -0.05) is 53.7 Å². The largest absolute Gasteiger partial charge is 0.325 e. The fourth-order valence-corrected chi connectivity index (χ4v) is 3.10. The molecule has 0 bridgehead atoms. The van der Waals surface area contributed by atoms with Crippen molar-refractivity contribution in [1.82, 2.24) is 14.8 Å². The minimum absolute atomic E-state index is 0.0894. The van der Waals surface area contributed by atoms with Crippen molar-refractivity contribution < 1.29 is 4.79 Å². The lowest BCUT2D eigenvalue weighted by molar-refractivity contribution is -0.113. The van der Waals surface area contributed by atoms with Crippen molar-refractivity contribution in [3.05, 3.63) is 59.6 Å². The highest BCUT2D eigenvalue weighted by Crippen LogP contribution is 2.28. The zero-order valence-corrected chi connectivity index (χ0v) is 14.5. The van der Waals surface area contributed by atoms with Crippen LogP contribution in [0.2, 0.25) is 5.02 Å². The second kappa shape index (κ2) is 7.51. The van der Waals surface area contributed by atoms with E-state index in [0.717, 1.165) is 11.3 Å². The first-order valence-corrected chi connectivity index (χ1v) is 8.63. The third kappa shape index (κ3) is 3.77. The highest BCUT2D eigenvalue weighted by molar-refractivity contribution is 7.99. The van der Waals surface area contributed by atoms with E-state index in [1.54, 1.807) is 0 Å². The molecule has 0 spiro atoms. The smallest absolute Gasteiger partial charge is 0.234 e. The Balaban J connectivity index is 1.67. The third-order valence-electron chi connectivity index (χ3n) is 3.34. The van der Waals surface area contributed by atoms with E-state index in [1.807, 2.05) is 66.2 Å². The molecule has 122 valence electrons. The van der Waals surface area contributed by atoms with Gasteiger partial charge in [0.1, 0.15) is 0 Å². The SMILES string of the molecule is Cn1c(SCC(=O)Nc2ccccc2)nnc1-c1ccccc1Cl. The Labute approximate surface area is 149 Å². The Morgan fingerprint density at radius 1 is 1.12 bits per heavy atom. The first-order valence-electron chi connectivity index (χ1n) is 7.27. The molecule has 3 aromatic rings. The number of benzene rings is 2. The molecule has 1 heterocycles. The average molecular weight is 359 g/mol. The molecular formula is C17H15ClN4OS. The van der Waals surface area contributed by atoms with E-state index in [-0.39, 0.29) is 11.7 Å². The van der Waals surface area contributed by atoms with Crippen molar-refractivity contribution in [2.45, 2.75) is 5.16 Å². The fraction of sp³-hybridized carbons (Fsp3) is 0.118. The van der Waals surface area contributed by atoms with E-state index >= 15 is 0 Å². The molecule has 1 aromatic heterocycles. The number of aromatic nitrogens is 3. The zero-order chi connectivity index (χ0) is 16.9. The van der Waals surface area contributed by atoms with E-state index in [9.17, 15) is 4.79 Å². The summed E-state index contributed by atoms with van der Waals surface area (Å²) in [4.78, 5) is 12.0. The van der Waals surface area contributed by atoms with Gasteiger partial charge in [-0.25, -0.2) is 0 Å². The lowest BCUT2D eigenvalue weighted by Crippen LogP contribution is -2.14. The topological polar surface area (TPSA) is 59.8 Å². The van der Waals surface area contributed by atoms with E-state index in [4.69, 9.17) is 11.6 Å². The quantitative estimate of drug-likeness (QED) is 0.703. The number of thioether (sulfide) groups is 1. The molecule has 0 radical (unpaired) electrons. The zero-order valence-electron chi connectivity index (χ0n) is 12.9. The van der Waals surface area contributed by atoms with Crippen molar-refractivity contribution in [2.75, 3.05) is 11.1 Å². The van der Waals surface area contributed by atoms with Gasteiger partial charge in [-0.2, -0.15) is 0 Å². The Kier molecular flexibility index (Phi) is 5.17. The maximum absolute atomic E-state index is 12.0. The maximum Gasteiger partial charge on any atom is 0.234 e. The summed E-state index contributed by atoms with van der Waals surface area (Å²) in [6.45, 7) is 0. The molecule has 0 fully saturated rings. The van der Waals surface area contributed by atoms with Crippen molar-refractivity contribution in [1.29, 1.82) is 0 Å². The number of carbonyl (C=O) groups excluding carboxylic acids is 1. The first kappa shape index (κ1) is 16.5. The van der Waals surface area contributed by atoms with Gasteiger partial charge < -0.3 is 9.88 Å². The number of carbonyl (C=O) groups is 1. The van der Waals surface area contributed by atoms with Crippen LogP contribution in [0.15, 0.2) is 59.8 Å². The van der Waals surface area contributed by atoms with Crippen LogP contribution in [0.1, 0.15) is 0 Å². The van der Waals surface area contributed by atoms with Crippen LogP contribution in [0.4, 0.5) is 5.69 Å². The average Bonchev–Trinajstić information content (AvgIpc) is 2.95. The van der Waals surface area contributed by atoms with Crippen LogP contribution < -0.4 is 5.32 Å². The van der Waals surface area contributed by atoms with Gasteiger partial charge in [-0.05, 0) is 24.3 Å². The Hall–Kier alpha value is -2.31. The second-order valence-corrected chi connectivity index (χ2v) is 6.40. The van der Waals surface area contributed by atoms with Crippen LogP contribution in [-0.2, 0) is 11.8 Å². The Morgan fingerprint density at radius 3 is 2.58 bits per heavy atom. The minimum Gasteiger partial charge on any atom is -0.325 e. The van der Waals surface area contributed by atoms with Gasteiger partial charge in [0.05, 0.1) is 10.8 Å². The summed E-state index contributed by atoms with van der Waals surface area (Å²) >= 11 is 7.54. The summed E-state index contributed by atoms with van der Waals surface area (Å²) in [5.41, 5.74) is 1.59. The number of halogens is 1. The van der Waals surface area contributed by atoms with Crippen LogP contribution in [0.3, 0.4) is 0 Å². The number of hydrogen-bond donors (Lipinski definition) is 1. The van der Waals surface area contributed by atoms with Crippen LogP contribution in [0.5, 0.6) is 0 Å². The number of rotatable bonds is 5. The van der Waals surface area contributed by atoms with E-state index in [2.05, 4.69) is 15.5 Å². The summed E-state index contributed by atoms with van der Waals surface area (Å²) in [6, 6.07) is 16.8. The van der Waals surface area contributed by atoms with Crippen LogP contribution in [0.25, 0.3) is 11.4 Å². The molecule has 24 heavy (non-hydrogen) atoms. The minimum atomic E-state index is -0.0894. The third-order valence-corrected chi connectivity index (χ3v) is 4.69. The van der Waals surface area contributed by atoms with Crippen molar-refractivity contribution in [2.24, 2.45) is 7.05 Å². The van der Waals surface area contributed by atoms with Gasteiger partial charge in [0.2, 0.25) is 5.91 Å². The molecule has 1 amide bonds. The fourth-order valence-electron chi connectivity index (χ4n) is 2.17. The molecule has 2 aromatic carbocycles. The molecule has 7 heteroatoms. The first-order chi connectivity index (χ1) is 11.6. The number of nitrogens with one attached hydrogen (secondary N) is 1. The molecule has 1 N–H and O–H groups in total. The van der Waals surface area contributed by atoms with Crippen molar-refractivity contribution >= 4 is 35.0 Å². The van der Waals surface area contributed by atoms with Gasteiger partial charge in [0.15, 0.2) is 11.0 Å². The number of para-hydroxylation sites is 1. The second-order valence-electron chi connectivity index (χ2n) is 5.05. The molecule has 0 saturated carbocycles. The summed E-state index contributed by atoms with van der Waals surface area (Å²) in [5.74, 6) is 0.837. The molecule has 0 aliphatic rings. The number of nitrogens with zero attached hydrogens (tertiary/aromatic N) is 3. The van der Waals surface area contributed by atoms with Crippen molar-refractivity contribution in [3.8, 4) is 11.4 Å². The van der Waals surface area contributed by atoms with Crippen LogP contribution in [0, 0.1) is 0 Å². The lowest BCUT2D eigenvalue weighted by atomic mass is 10.2. The molecule has 5 nitrogen and oxygen atoms in total. The Bertz CT molecular complexity index is 851. The van der Waals surface area contributed by atoms with Gasteiger partial charge >= 0.3 is 0 Å². The van der Waals surface area contributed by atoms with Gasteiger partial charge in [-0.15, -0.1) is 10.2 Å². The highest BCUT2D eigenvalue weighted by Gasteiger charge is 2.14. The number of anilines is 1. The van der Waals surface area contributed by atoms with E-state index in [1.165, 1.54) is 11.8 Å². The predicted molar refractivity (Wildman–Crippen MR) is 97.2 cm³/mol. The maximum atomic E-state index is 12.0. The van der Waals surface area contributed by atoms with Gasteiger partial charge in [-0.3, -0.25) is 4.79 Å². The molecule has 0 aliphatic carbocycles. The molecule has 3 rings (SSSR count).